The maximum Gasteiger partial charge on any atom is 0.257 e. The van der Waals surface area contributed by atoms with Gasteiger partial charge in [-0.25, -0.2) is 4.98 Å². The van der Waals surface area contributed by atoms with Crippen molar-refractivity contribution in [1.82, 2.24) is 9.97 Å². The fraction of sp³-hybridized carbons (Fsp3) is 0.435. The van der Waals surface area contributed by atoms with Gasteiger partial charge in [0.2, 0.25) is 0 Å². The van der Waals surface area contributed by atoms with Gasteiger partial charge in [0.25, 0.3) is 5.56 Å². The van der Waals surface area contributed by atoms with Crippen LogP contribution in [0.25, 0.3) is 0 Å². The minimum atomic E-state index is -0.586. The number of hydrogen-bond donors (Lipinski definition) is 2. The van der Waals surface area contributed by atoms with Gasteiger partial charge in [0, 0.05) is 23.3 Å². The number of H-pyrrole nitrogens is 1. The largest absolute Gasteiger partial charge is 0.493 e. The Kier molecular flexibility index (Phi) is 5.60. The van der Waals surface area contributed by atoms with Crippen molar-refractivity contribution in [3.05, 3.63) is 50.9 Å². The van der Waals surface area contributed by atoms with E-state index in [0.717, 1.165) is 11.4 Å². The molecule has 1 aliphatic carbocycles. The zero-order chi connectivity index (χ0) is 22.3. The number of aromatic amines is 1. The Morgan fingerprint density at radius 1 is 1.19 bits per heavy atom. The molecule has 2 N–H and O–H groups in total. The first-order chi connectivity index (χ1) is 14.8. The molecule has 0 saturated carbocycles. The fourth-order valence-electron chi connectivity index (χ4n) is 4.55. The Morgan fingerprint density at radius 2 is 1.97 bits per heavy atom. The number of benzene rings is 1. The maximum absolute atomic E-state index is 13.4. The molecular weight excluding hydrogens is 414 g/mol. The standard InChI is InChI=1S/C23H27N3O4S/c1-6-31-22-25-20-18(21(28)26-22)16(12-8-7-9-15(29-4)19(12)30-5)17-13(24-20)10-23(2,3)11-14(17)27/h7-9,16H,6,10-11H2,1-5H3,(H2,24,25,26,28). The number of carbonyl (C=O) groups is 1. The number of para-hydroxylation sites is 1. The highest BCUT2D eigenvalue weighted by Crippen LogP contribution is 2.50. The molecule has 1 aromatic heterocycles. The lowest BCUT2D eigenvalue weighted by molar-refractivity contribution is -0.118. The number of allylic oxidation sites excluding steroid dienone is 2. The lowest BCUT2D eigenvalue weighted by atomic mass is 9.69. The van der Waals surface area contributed by atoms with E-state index in [-0.39, 0.29) is 16.8 Å². The average molecular weight is 442 g/mol. The summed E-state index contributed by atoms with van der Waals surface area (Å²) in [6, 6.07) is 5.53. The second-order valence-electron chi connectivity index (χ2n) is 8.54. The van der Waals surface area contributed by atoms with Crippen LogP contribution in [0.3, 0.4) is 0 Å². The average Bonchev–Trinajstić information content (AvgIpc) is 2.70. The molecule has 1 aliphatic heterocycles. The van der Waals surface area contributed by atoms with E-state index in [1.807, 2.05) is 19.1 Å². The zero-order valence-electron chi connectivity index (χ0n) is 18.4. The molecule has 8 heteroatoms. The molecule has 4 rings (SSSR count). The van der Waals surface area contributed by atoms with Crippen molar-refractivity contribution in [2.45, 2.75) is 44.7 Å². The number of hydrogen-bond acceptors (Lipinski definition) is 7. The normalized spacial score (nSPS) is 19.4. The van der Waals surface area contributed by atoms with Crippen molar-refractivity contribution in [3.63, 3.8) is 0 Å². The van der Waals surface area contributed by atoms with Gasteiger partial charge in [-0.05, 0) is 23.7 Å². The third-order valence-electron chi connectivity index (χ3n) is 5.73. The number of anilines is 1. The van der Waals surface area contributed by atoms with E-state index in [9.17, 15) is 9.59 Å². The fourth-order valence-corrected chi connectivity index (χ4v) is 5.14. The number of aromatic nitrogens is 2. The predicted molar refractivity (Wildman–Crippen MR) is 121 cm³/mol. The second-order valence-corrected chi connectivity index (χ2v) is 9.79. The van der Waals surface area contributed by atoms with Gasteiger partial charge in [0.1, 0.15) is 5.82 Å². The van der Waals surface area contributed by atoms with Crippen molar-refractivity contribution in [2.24, 2.45) is 5.41 Å². The van der Waals surface area contributed by atoms with E-state index in [0.29, 0.717) is 52.0 Å². The number of Topliss-reactive ketones (excluding diaryl/α,β-unsaturated/α-hetero) is 1. The Morgan fingerprint density at radius 3 is 2.65 bits per heavy atom. The number of nitrogens with one attached hydrogen (secondary N) is 2. The quantitative estimate of drug-likeness (QED) is 0.533. The van der Waals surface area contributed by atoms with Gasteiger partial charge >= 0.3 is 0 Å². The summed E-state index contributed by atoms with van der Waals surface area (Å²) < 4.78 is 11.2. The van der Waals surface area contributed by atoms with Crippen LogP contribution in [-0.4, -0.2) is 35.7 Å². The molecule has 0 saturated heterocycles. The van der Waals surface area contributed by atoms with Crippen LogP contribution in [0.15, 0.2) is 39.4 Å². The van der Waals surface area contributed by atoms with Crippen molar-refractivity contribution in [3.8, 4) is 11.5 Å². The Labute approximate surface area is 185 Å². The van der Waals surface area contributed by atoms with Crippen LogP contribution in [0.4, 0.5) is 5.82 Å². The van der Waals surface area contributed by atoms with Crippen LogP contribution < -0.4 is 20.3 Å². The van der Waals surface area contributed by atoms with Crippen LogP contribution in [0.1, 0.15) is 50.7 Å². The third kappa shape index (κ3) is 3.73. The summed E-state index contributed by atoms with van der Waals surface area (Å²) in [5.41, 5.74) is 2.15. The lowest BCUT2D eigenvalue weighted by Gasteiger charge is -2.38. The van der Waals surface area contributed by atoms with Crippen LogP contribution in [0.5, 0.6) is 11.5 Å². The maximum atomic E-state index is 13.4. The summed E-state index contributed by atoms with van der Waals surface area (Å²) in [4.78, 5) is 34.2. The molecule has 1 aromatic carbocycles. The number of rotatable bonds is 5. The Balaban J connectivity index is 2.01. The van der Waals surface area contributed by atoms with E-state index in [1.165, 1.54) is 11.8 Å². The van der Waals surface area contributed by atoms with Crippen LogP contribution in [0.2, 0.25) is 0 Å². The smallest absolute Gasteiger partial charge is 0.257 e. The van der Waals surface area contributed by atoms with E-state index >= 15 is 0 Å². The van der Waals surface area contributed by atoms with Crippen molar-refractivity contribution < 1.29 is 14.3 Å². The lowest BCUT2D eigenvalue weighted by Crippen LogP contribution is -2.37. The van der Waals surface area contributed by atoms with Crippen LogP contribution in [-0.2, 0) is 4.79 Å². The number of carbonyl (C=O) groups excluding carboxylic acids is 1. The summed E-state index contributed by atoms with van der Waals surface area (Å²) in [5.74, 6) is 1.79. The van der Waals surface area contributed by atoms with Crippen molar-refractivity contribution in [2.75, 3.05) is 25.3 Å². The molecule has 164 valence electrons. The number of thioether (sulfide) groups is 1. The molecule has 0 amide bonds. The second kappa shape index (κ2) is 8.07. The van der Waals surface area contributed by atoms with Crippen LogP contribution >= 0.6 is 11.8 Å². The van der Waals surface area contributed by atoms with Gasteiger partial charge in [0.05, 0.1) is 25.7 Å². The molecule has 7 nitrogen and oxygen atoms in total. The molecular formula is C23H27N3O4S. The molecule has 1 unspecified atom stereocenters. The first-order valence-electron chi connectivity index (χ1n) is 10.3. The third-order valence-corrected chi connectivity index (χ3v) is 6.48. The van der Waals surface area contributed by atoms with Crippen LogP contribution in [0, 0.1) is 5.41 Å². The Hall–Kier alpha value is -2.74. The monoisotopic (exact) mass is 441 g/mol. The summed E-state index contributed by atoms with van der Waals surface area (Å²) >= 11 is 1.47. The van der Waals surface area contributed by atoms with Gasteiger partial charge in [-0.2, -0.15) is 0 Å². The topological polar surface area (TPSA) is 93.3 Å². The minimum Gasteiger partial charge on any atom is -0.493 e. The van der Waals surface area contributed by atoms with Gasteiger partial charge in [-0.15, -0.1) is 0 Å². The highest BCUT2D eigenvalue weighted by molar-refractivity contribution is 7.99. The first-order valence-corrected chi connectivity index (χ1v) is 11.3. The molecule has 2 aromatic rings. The molecule has 1 atom stereocenters. The first kappa shape index (κ1) is 21.5. The SMILES string of the molecule is CCSc1nc2c(c(=O)[nH]1)C(c1cccc(OC)c1OC)C1=C(CC(C)(C)CC1=O)N2. The molecule has 31 heavy (non-hydrogen) atoms. The number of nitrogens with zero attached hydrogens (tertiary/aromatic N) is 1. The minimum absolute atomic E-state index is 0.0330. The number of methoxy groups -OCH3 is 2. The predicted octanol–water partition coefficient (Wildman–Crippen LogP) is 4.10. The number of ether oxygens (including phenoxy) is 2. The number of fused-ring (bicyclic) bond motifs is 1. The molecule has 0 bridgehead atoms. The highest BCUT2D eigenvalue weighted by atomic mass is 32.2. The van der Waals surface area contributed by atoms with E-state index < -0.39 is 5.92 Å². The summed E-state index contributed by atoms with van der Waals surface area (Å²) in [6.07, 6.45) is 1.11. The Bertz CT molecular complexity index is 1140. The summed E-state index contributed by atoms with van der Waals surface area (Å²) in [5, 5.41) is 3.89. The summed E-state index contributed by atoms with van der Waals surface area (Å²) in [6.45, 7) is 6.16. The van der Waals surface area contributed by atoms with Gasteiger partial charge in [-0.3, -0.25) is 9.59 Å². The van der Waals surface area contributed by atoms with E-state index in [1.54, 1.807) is 20.3 Å². The van der Waals surface area contributed by atoms with E-state index in [2.05, 4.69) is 29.1 Å². The highest BCUT2D eigenvalue weighted by Gasteiger charge is 2.43. The molecule has 0 spiro atoms. The molecule has 0 radical (unpaired) electrons. The molecule has 0 fully saturated rings. The zero-order valence-corrected chi connectivity index (χ0v) is 19.2. The molecule has 2 aliphatic rings. The molecule has 2 heterocycles. The van der Waals surface area contributed by atoms with Crippen molar-refractivity contribution >= 4 is 23.4 Å². The van der Waals surface area contributed by atoms with Crippen molar-refractivity contribution in [1.29, 1.82) is 0 Å². The van der Waals surface area contributed by atoms with Gasteiger partial charge in [-0.1, -0.05) is 44.7 Å². The van der Waals surface area contributed by atoms with Gasteiger partial charge in [0.15, 0.2) is 22.4 Å². The van der Waals surface area contributed by atoms with Gasteiger partial charge < -0.3 is 19.8 Å². The number of ketones is 1. The van der Waals surface area contributed by atoms with E-state index in [4.69, 9.17) is 9.47 Å². The summed E-state index contributed by atoms with van der Waals surface area (Å²) in [7, 11) is 3.13.